The van der Waals surface area contributed by atoms with Crippen LogP contribution < -0.4 is 14.8 Å². The zero-order chi connectivity index (χ0) is 25.4. The molecule has 3 aromatic carbocycles. The average Bonchev–Trinajstić information content (AvgIpc) is 2.83. The van der Waals surface area contributed by atoms with Gasteiger partial charge in [0.2, 0.25) is 0 Å². The van der Waals surface area contributed by atoms with E-state index >= 15 is 0 Å². The van der Waals surface area contributed by atoms with Gasteiger partial charge in [0.05, 0.1) is 27.6 Å². The van der Waals surface area contributed by atoms with Crippen molar-refractivity contribution in [1.29, 1.82) is 5.26 Å². The number of allylic oxidation sites excluding steroid dienone is 1. The van der Waals surface area contributed by atoms with Crippen molar-refractivity contribution in [3.8, 4) is 17.6 Å². The van der Waals surface area contributed by atoms with Crippen LogP contribution in [-0.2, 0) is 4.79 Å². The number of nitriles is 1. The first kappa shape index (κ1) is 25.5. The number of rotatable bonds is 9. The molecule has 0 saturated carbocycles. The number of nitrogens with one attached hydrogen (secondary N) is 1. The van der Waals surface area contributed by atoms with E-state index in [1.165, 1.54) is 18.2 Å². The zero-order valence-corrected chi connectivity index (χ0v) is 20.7. The molecule has 1 N–H and O–H groups in total. The summed E-state index contributed by atoms with van der Waals surface area (Å²) in [4.78, 5) is 22.9. The Morgan fingerprint density at radius 1 is 1.17 bits per heavy atom. The highest BCUT2D eigenvalue weighted by atomic mass is 79.9. The summed E-state index contributed by atoms with van der Waals surface area (Å²) in [5.74, 6) is 0.397. The predicted octanol–water partition coefficient (Wildman–Crippen LogP) is 6.15. The summed E-state index contributed by atoms with van der Waals surface area (Å²) in [6.07, 6.45) is 1.60. The van der Waals surface area contributed by atoms with Crippen molar-refractivity contribution < 1.29 is 19.2 Å². The highest BCUT2D eigenvalue weighted by Gasteiger charge is 2.15. The number of non-ortho nitro benzene ring substituents is 1. The molecule has 0 aliphatic carbocycles. The van der Waals surface area contributed by atoms with Crippen molar-refractivity contribution in [3.05, 3.63) is 91.9 Å². The first-order valence-electron chi connectivity index (χ1n) is 10.6. The molecule has 178 valence electrons. The molecule has 0 atom stereocenters. The smallest absolute Gasteiger partial charge is 0.270 e. The predicted molar refractivity (Wildman–Crippen MR) is 137 cm³/mol. The van der Waals surface area contributed by atoms with Crippen molar-refractivity contribution in [2.24, 2.45) is 0 Å². The van der Waals surface area contributed by atoms with Crippen LogP contribution in [0.3, 0.4) is 0 Å². The molecule has 0 aliphatic heterocycles. The number of hydrogen-bond donors (Lipinski definition) is 1. The van der Waals surface area contributed by atoms with Crippen LogP contribution in [0.2, 0.25) is 0 Å². The van der Waals surface area contributed by atoms with E-state index in [2.05, 4.69) is 27.3 Å². The van der Waals surface area contributed by atoms with E-state index in [0.717, 1.165) is 5.56 Å². The lowest BCUT2D eigenvalue weighted by Gasteiger charge is -2.15. The van der Waals surface area contributed by atoms with Crippen LogP contribution in [0.15, 0.2) is 65.1 Å². The Labute approximate surface area is 211 Å². The number of nitro benzene ring substituents is 1. The number of carbonyl (C=O) groups excluding carboxylic acids is 1. The van der Waals surface area contributed by atoms with Crippen LogP contribution >= 0.6 is 15.9 Å². The maximum absolute atomic E-state index is 12.3. The van der Waals surface area contributed by atoms with Crippen LogP contribution in [0.4, 0.5) is 11.4 Å². The molecule has 3 rings (SSSR count). The first-order chi connectivity index (χ1) is 16.8. The minimum absolute atomic E-state index is 0.104. The zero-order valence-electron chi connectivity index (χ0n) is 19.1. The molecule has 3 aromatic rings. The lowest BCUT2D eigenvalue weighted by molar-refractivity contribution is -0.384. The summed E-state index contributed by atoms with van der Waals surface area (Å²) in [5, 5.41) is 23.5. The van der Waals surface area contributed by atoms with Crippen molar-refractivity contribution in [2.75, 3.05) is 18.5 Å². The second-order valence-corrected chi connectivity index (χ2v) is 8.30. The third kappa shape index (κ3) is 6.91. The minimum atomic E-state index is -0.511. The molecule has 0 fully saturated rings. The van der Waals surface area contributed by atoms with E-state index < -0.39 is 4.92 Å². The van der Waals surface area contributed by atoms with Crippen LogP contribution in [0, 0.1) is 28.4 Å². The number of amides is 1. The van der Waals surface area contributed by atoms with Gasteiger partial charge >= 0.3 is 0 Å². The monoisotopic (exact) mass is 535 g/mol. The average molecular weight is 536 g/mol. The van der Waals surface area contributed by atoms with E-state index in [1.54, 1.807) is 24.3 Å². The van der Waals surface area contributed by atoms with Gasteiger partial charge in [-0.25, -0.2) is 0 Å². The number of carbonyl (C=O) groups is 1. The van der Waals surface area contributed by atoms with Crippen molar-refractivity contribution in [2.45, 2.75) is 13.8 Å². The molecule has 8 nitrogen and oxygen atoms in total. The molecule has 0 unspecified atom stereocenters. The molecule has 0 aliphatic rings. The Morgan fingerprint density at radius 2 is 1.91 bits per heavy atom. The molecule has 0 heterocycles. The lowest BCUT2D eigenvalue weighted by Crippen LogP contribution is -2.20. The number of anilines is 1. The minimum Gasteiger partial charge on any atom is -0.490 e. The number of benzene rings is 3. The van der Waals surface area contributed by atoms with Crippen molar-refractivity contribution >= 4 is 44.9 Å². The second kappa shape index (κ2) is 11.8. The van der Waals surface area contributed by atoms with E-state index in [0.29, 0.717) is 39.4 Å². The SMILES string of the molecule is CCOc1cc(/C=C(/C#N)c2cccc([N+](=O)[O-])c2)cc(Br)c1OCC(=O)Nc1ccc(C)cc1. The second-order valence-electron chi connectivity index (χ2n) is 7.44. The van der Waals surface area contributed by atoms with E-state index in [-0.39, 0.29) is 23.8 Å². The fraction of sp³-hybridized carbons (Fsp3) is 0.154. The summed E-state index contributed by atoms with van der Waals surface area (Å²) >= 11 is 3.45. The Hall–Kier alpha value is -4.16. The van der Waals surface area contributed by atoms with E-state index in [1.807, 2.05) is 38.1 Å². The Kier molecular flexibility index (Phi) is 8.59. The Morgan fingerprint density at radius 3 is 2.57 bits per heavy atom. The number of aryl methyl sites for hydroxylation is 1. The molecule has 0 spiro atoms. The van der Waals surface area contributed by atoms with Gasteiger partial charge in [-0.1, -0.05) is 29.8 Å². The quantitative estimate of drug-likeness (QED) is 0.152. The van der Waals surface area contributed by atoms with Gasteiger partial charge in [-0.05, 0) is 71.2 Å². The van der Waals surface area contributed by atoms with Crippen molar-refractivity contribution in [1.82, 2.24) is 0 Å². The van der Waals surface area contributed by atoms with Crippen LogP contribution in [0.25, 0.3) is 11.6 Å². The highest BCUT2D eigenvalue weighted by Crippen LogP contribution is 2.38. The lowest BCUT2D eigenvalue weighted by atomic mass is 10.0. The van der Waals surface area contributed by atoms with E-state index in [4.69, 9.17) is 9.47 Å². The van der Waals surface area contributed by atoms with Gasteiger partial charge in [0.15, 0.2) is 18.1 Å². The molecular weight excluding hydrogens is 514 g/mol. The molecule has 0 saturated heterocycles. The number of ether oxygens (including phenoxy) is 2. The van der Waals surface area contributed by atoms with Gasteiger partial charge in [-0.3, -0.25) is 14.9 Å². The van der Waals surface area contributed by atoms with Crippen LogP contribution in [0.1, 0.15) is 23.6 Å². The fourth-order valence-corrected chi connectivity index (χ4v) is 3.75. The summed E-state index contributed by atoms with van der Waals surface area (Å²) in [6.45, 7) is 3.89. The summed E-state index contributed by atoms with van der Waals surface area (Å²) in [7, 11) is 0. The summed E-state index contributed by atoms with van der Waals surface area (Å²) < 4.78 is 12.0. The fourth-order valence-electron chi connectivity index (χ4n) is 3.18. The van der Waals surface area contributed by atoms with Gasteiger partial charge in [0.1, 0.15) is 0 Å². The molecule has 35 heavy (non-hydrogen) atoms. The topological polar surface area (TPSA) is 114 Å². The molecule has 0 aromatic heterocycles. The number of hydrogen-bond acceptors (Lipinski definition) is 6. The largest absolute Gasteiger partial charge is 0.490 e. The number of nitrogens with zero attached hydrogens (tertiary/aromatic N) is 2. The van der Waals surface area contributed by atoms with Crippen LogP contribution in [-0.4, -0.2) is 24.0 Å². The first-order valence-corrected chi connectivity index (χ1v) is 11.4. The number of halogens is 1. The van der Waals surface area contributed by atoms with Gasteiger partial charge in [0, 0.05) is 17.8 Å². The third-order valence-corrected chi connectivity index (χ3v) is 5.40. The maximum Gasteiger partial charge on any atom is 0.270 e. The molecule has 0 bridgehead atoms. The normalized spacial score (nSPS) is 10.9. The van der Waals surface area contributed by atoms with Gasteiger partial charge in [-0.2, -0.15) is 5.26 Å². The van der Waals surface area contributed by atoms with Crippen LogP contribution in [0.5, 0.6) is 11.5 Å². The van der Waals surface area contributed by atoms with Crippen molar-refractivity contribution in [3.63, 3.8) is 0 Å². The molecule has 0 radical (unpaired) electrons. The van der Waals surface area contributed by atoms with Gasteiger partial charge in [-0.15, -0.1) is 0 Å². The Balaban J connectivity index is 1.83. The van der Waals surface area contributed by atoms with Gasteiger partial charge < -0.3 is 14.8 Å². The Bertz CT molecular complexity index is 1310. The number of nitro groups is 1. The highest BCUT2D eigenvalue weighted by molar-refractivity contribution is 9.10. The standard InChI is InChI=1S/C26H22BrN3O5/c1-3-34-24-13-18(11-20(15-28)19-5-4-6-22(14-19)30(32)33)12-23(27)26(24)35-16-25(31)29-21-9-7-17(2)8-10-21/h4-14H,3,16H2,1-2H3,(H,29,31)/b20-11-. The molecular formula is C26H22BrN3O5. The van der Waals surface area contributed by atoms with E-state index in [9.17, 15) is 20.2 Å². The molecule has 9 heteroatoms. The third-order valence-electron chi connectivity index (χ3n) is 4.81. The van der Waals surface area contributed by atoms with Gasteiger partial charge in [0.25, 0.3) is 11.6 Å². The summed E-state index contributed by atoms with van der Waals surface area (Å²) in [6, 6.07) is 18.8. The maximum atomic E-state index is 12.3. The summed E-state index contributed by atoms with van der Waals surface area (Å²) in [5.41, 5.74) is 2.92. The molecule has 1 amide bonds.